The molecule has 0 fully saturated rings. The van der Waals surface area contributed by atoms with Gasteiger partial charge in [0.25, 0.3) is 0 Å². The Balaban J connectivity index is 3.22. The normalized spacial score (nSPS) is 11.2. The summed E-state index contributed by atoms with van der Waals surface area (Å²) in [6, 6.07) is 6.24. The molecule has 1 nitrogen and oxygen atoms in total. The van der Waals surface area contributed by atoms with E-state index in [0.717, 1.165) is 17.7 Å². The third-order valence-electron chi connectivity index (χ3n) is 2.36. The Morgan fingerprint density at radius 3 is 2.67 bits per heavy atom. The quantitative estimate of drug-likeness (QED) is 0.633. The van der Waals surface area contributed by atoms with E-state index in [9.17, 15) is 0 Å². The van der Waals surface area contributed by atoms with Gasteiger partial charge in [0.15, 0.2) is 0 Å². The third-order valence-corrected chi connectivity index (χ3v) is 2.36. The molecule has 0 aromatic heterocycles. The molecular formula is C14H19N. The van der Waals surface area contributed by atoms with Crippen LogP contribution in [0.25, 0.3) is 6.08 Å². The number of hydrogen-bond donors (Lipinski definition) is 0. The maximum absolute atomic E-state index is 4.44. The van der Waals surface area contributed by atoms with E-state index >= 15 is 0 Å². The maximum atomic E-state index is 4.44. The highest BCUT2D eigenvalue weighted by Crippen LogP contribution is 2.28. The monoisotopic (exact) mass is 201 g/mol. The van der Waals surface area contributed by atoms with Crippen LogP contribution in [0.15, 0.2) is 29.8 Å². The molecule has 0 atom stereocenters. The second-order valence-corrected chi connectivity index (χ2v) is 3.86. The predicted molar refractivity (Wildman–Crippen MR) is 69.1 cm³/mol. The molecule has 0 aliphatic carbocycles. The highest BCUT2D eigenvalue weighted by Gasteiger charge is 2.06. The molecule has 0 radical (unpaired) electrons. The van der Waals surface area contributed by atoms with Crippen molar-refractivity contribution in [3.8, 4) is 0 Å². The average molecular weight is 201 g/mol. The van der Waals surface area contributed by atoms with E-state index in [1.807, 2.05) is 18.4 Å². The highest BCUT2D eigenvalue weighted by atomic mass is 14.7. The standard InChI is InChI=1S/C14H19N/c1-5-10-15-14-9-7-8-13(11(3)4)12(14)6-2/h6-11H,2,5H2,1,3-4H3. The predicted octanol–water partition coefficient (Wildman–Crippen LogP) is 4.57. The fraction of sp³-hybridized carbons (Fsp3) is 0.357. The molecule has 0 bridgehead atoms. The Morgan fingerprint density at radius 2 is 2.13 bits per heavy atom. The van der Waals surface area contributed by atoms with Gasteiger partial charge in [-0.1, -0.05) is 45.6 Å². The van der Waals surface area contributed by atoms with E-state index in [0.29, 0.717) is 5.92 Å². The lowest BCUT2D eigenvalue weighted by molar-refractivity contribution is 0.864. The summed E-state index contributed by atoms with van der Waals surface area (Å²) in [6.45, 7) is 10.3. The van der Waals surface area contributed by atoms with Crippen molar-refractivity contribution < 1.29 is 0 Å². The number of hydrogen-bond acceptors (Lipinski definition) is 1. The van der Waals surface area contributed by atoms with Crippen molar-refractivity contribution in [3.63, 3.8) is 0 Å². The summed E-state index contributed by atoms with van der Waals surface area (Å²) >= 11 is 0. The molecule has 80 valence electrons. The third kappa shape index (κ3) is 2.79. The van der Waals surface area contributed by atoms with Crippen molar-refractivity contribution in [1.29, 1.82) is 0 Å². The van der Waals surface area contributed by atoms with E-state index < -0.39 is 0 Å². The second kappa shape index (κ2) is 5.50. The number of nitrogens with zero attached hydrogens (tertiary/aromatic N) is 1. The van der Waals surface area contributed by atoms with Crippen LogP contribution in [0.3, 0.4) is 0 Å². The van der Waals surface area contributed by atoms with Gasteiger partial charge in [-0.2, -0.15) is 0 Å². The molecule has 0 saturated carbocycles. The molecule has 1 heteroatoms. The molecule has 15 heavy (non-hydrogen) atoms. The summed E-state index contributed by atoms with van der Waals surface area (Å²) in [7, 11) is 0. The smallest absolute Gasteiger partial charge is 0.0700 e. The minimum Gasteiger partial charge on any atom is -0.261 e. The summed E-state index contributed by atoms with van der Waals surface area (Å²) in [4.78, 5) is 4.44. The van der Waals surface area contributed by atoms with Crippen molar-refractivity contribution in [2.45, 2.75) is 33.1 Å². The van der Waals surface area contributed by atoms with Crippen LogP contribution in [0.4, 0.5) is 5.69 Å². The van der Waals surface area contributed by atoms with E-state index in [1.54, 1.807) is 0 Å². The van der Waals surface area contributed by atoms with Crippen LogP contribution in [0.1, 0.15) is 44.2 Å². The number of rotatable bonds is 4. The summed E-state index contributed by atoms with van der Waals surface area (Å²) in [5.74, 6) is 0.509. The lowest BCUT2D eigenvalue weighted by Gasteiger charge is -2.11. The summed E-state index contributed by atoms with van der Waals surface area (Å²) < 4.78 is 0. The SMILES string of the molecule is C=Cc1c(N=CCC)cccc1C(C)C. The summed E-state index contributed by atoms with van der Waals surface area (Å²) in [5.41, 5.74) is 3.51. The zero-order valence-corrected chi connectivity index (χ0v) is 9.83. The molecule has 0 amide bonds. The minimum atomic E-state index is 0.509. The van der Waals surface area contributed by atoms with Crippen LogP contribution >= 0.6 is 0 Å². The topological polar surface area (TPSA) is 12.4 Å². The minimum absolute atomic E-state index is 0.509. The first-order valence-corrected chi connectivity index (χ1v) is 5.48. The molecule has 0 spiro atoms. The molecule has 0 saturated heterocycles. The summed E-state index contributed by atoms with van der Waals surface area (Å²) in [5, 5.41) is 0. The fourth-order valence-electron chi connectivity index (χ4n) is 1.60. The Kier molecular flexibility index (Phi) is 4.29. The first kappa shape index (κ1) is 11.7. The second-order valence-electron chi connectivity index (χ2n) is 3.86. The van der Waals surface area contributed by atoms with E-state index in [2.05, 4.69) is 44.5 Å². The van der Waals surface area contributed by atoms with Gasteiger partial charge in [0.1, 0.15) is 0 Å². The van der Waals surface area contributed by atoms with Gasteiger partial charge in [-0.25, -0.2) is 0 Å². The Hall–Kier alpha value is -1.37. The van der Waals surface area contributed by atoms with Crippen molar-refractivity contribution in [3.05, 3.63) is 35.9 Å². The largest absolute Gasteiger partial charge is 0.261 e. The molecule has 0 aliphatic rings. The van der Waals surface area contributed by atoms with Crippen molar-refractivity contribution in [2.24, 2.45) is 4.99 Å². The molecule has 1 aromatic carbocycles. The van der Waals surface area contributed by atoms with Crippen molar-refractivity contribution >= 4 is 18.0 Å². The molecule has 1 rings (SSSR count). The van der Waals surface area contributed by atoms with Gasteiger partial charge < -0.3 is 0 Å². The zero-order chi connectivity index (χ0) is 11.3. The molecular weight excluding hydrogens is 182 g/mol. The van der Waals surface area contributed by atoms with Crippen LogP contribution in [-0.4, -0.2) is 6.21 Å². The number of benzene rings is 1. The van der Waals surface area contributed by atoms with Gasteiger partial charge in [0.2, 0.25) is 0 Å². The van der Waals surface area contributed by atoms with Crippen LogP contribution in [-0.2, 0) is 0 Å². The van der Waals surface area contributed by atoms with Gasteiger partial charge in [0.05, 0.1) is 5.69 Å². The Morgan fingerprint density at radius 1 is 1.40 bits per heavy atom. The molecule has 0 N–H and O–H groups in total. The average Bonchev–Trinajstić information content (AvgIpc) is 2.25. The van der Waals surface area contributed by atoms with Gasteiger partial charge in [-0.3, -0.25) is 4.99 Å². The lowest BCUT2D eigenvalue weighted by atomic mass is 9.96. The van der Waals surface area contributed by atoms with Crippen LogP contribution < -0.4 is 0 Å². The fourth-order valence-corrected chi connectivity index (χ4v) is 1.60. The van der Waals surface area contributed by atoms with Gasteiger partial charge >= 0.3 is 0 Å². The van der Waals surface area contributed by atoms with E-state index in [1.165, 1.54) is 5.56 Å². The van der Waals surface area contributed by atoms with Crippen LogP contribution in [0, 0.1) is 0 Å². The molecule has 0 heterocycles. The van der Waals surface area contributed by atoms with E-state index in [4.69, 9.17) is 0 Å². The van der Waals surface area contributed by atoms with E-state index in [-0.39, 0.29) is 0 Å². The maximum Gasteiger partial charge on any atom is 0.0700 e. The van der Waals surface area contributed by atoms with Gasteiger partial charge in [-0.05, 0) is 24.0 Å². The van der Waals surface area contributed by atoms with Crippen molar-refractivity contribution in [1.82, 2.24) is 0 Å². The van der Waals surface area contributed by atoms with Crippen molar-refractivity contribution in [2.75, 3.05) is 0 Å². The Labute approximate surface area is 92.6 Å². The van der Waals surface area contributed by atoms with Gasteiger partial charge in [0, 0.05) is 11.8 Å². The molecule has 0 aliphatic heterocycles. The van der Waals surface area contributed by atoms with Gasteiger partial charge in [-0.15, -0.1) is 0 Å². The van der Waals surface area contributed by atoms with Crippen LogP contribution in [0.2, 0.25) is 0 Å². The first-order valence-electron chi connectivity index (χ1n) is 5.48. The summed E-state index contributed by atoms with van der Waals surface area (Å²) in [6.07, 6.45) is 4.80. The van der Waals surface area contributed by atoms with Crippen LogP contribution in [0.5, 0.6) is 0 Å². The zero-order valence-electron chi connectivity index (χ0n) is 9.83. The first-order chi connectivity index (χ1) is 7.20. The molecule has 1 aromatic rings. The highest BCUT2D eigenvalue weighted by molar-refractivity contribution is 5.72. The number of aliphatic imine (C=N–C) groups is 1. The lowest BCUT2D eigenvalue weighted by Crippen LogP contribution is -1.91. The Bertz CT molecular complexity index is 362. The molecule has 0 unspecified atom stereocenters.